The SMILES string of the molecule is CN(C)CCNC(=O)c1ccccc1N1CCC(NC(=O)c2ccc(Cl)cc2)CC1. The fraction of sp³-hybridized carbons (Fsp3) is 0.391. The second-order valence-corrected chi connectivity index (χ2v) is 8.25. The van der Waals surface area contributed by atoms with Gasteiger partial charge in [-0.15, -0.1) is 0 Å². The molecule has 1 aliphatic heterocycles. The lowest BCUT2D eigenvalue weighted by Gasteiger charge is -2.35. The van der Waals surface area contributed by atoms with E-state index in [0.717, 1.165) is 38.2 Å². The Morgan fingerprint density at radius 3 is 2.37 bits per heavy atom. The number of halogens is 1. The summed E-state index contributed by atoms with van der Waals surface area (Å²) in [5.74, 6) is -0.128. The van der Waals surface area contributed by atoms with Crippen molar-refractivity contribution in [3.63, 3.8) is 0 Å². The van der Waals surface area contributed by atoms with Crippen molar-refractivity contribution >= 4 is 29.1 Å². The highest BCUT2D eigenvalue weighted by molar-refractivity contribution is 6.30. The average Bonchev–Trinajstić information content (AvgIpc) is 2.74. The molecule has 7 heteroatoms. The quantitative estimate of drug-likeness (QED) is 0.711. The number of carbonyl (C=O) groups is 2. The van der Waals surface area contributed by atoms with Gasteiger partial charge in [0, 0.05) is 48.5 Å². The Kier molecular flexibility index (Phi) is 7.71. The van der Waals surface area contributed by atoms with Crippen LogP contribution < -0.4 is 15.5 Å². The van der Waals surface area contributed by atoms with Crippen molar-refractivity contribution in [3.05, 3.63) is 64.7 Å². The molecule has 3 rings (SSSR count). The van der Waals surface area contributed by atoms with E-state index in [0.29, 0.717) is 22.7 Å². The molecule has 30 heavy (non-hydrogen) atoms. The van der Waals surface area contributed by atoms with Crippen LogP contribution in [0, 0.1) is 0 Å². The lowest BCUT2D eigenvalue weighted by Crippen LogP contribution is -2.45. The number of hydrogen-bond acceptors (Lipinski definition) is 4. The van der Waals surface area contributed by atoms with Gasteiger partial charge in [-0.05, 0) is 63.3 Å². The summed E-state index contributed by atoms with van der Waals surface area (Å²) in [6, 6.07) is 14.7. The normalized spacial score (nSPS) is 14.6. The van der Waals surface area contributed by atoms with Gasteiger partial charge in [0.15, 0.2) is 0 Å². The summed E-state index contributed by atoms with van der Waals surface area (Å²) in [7, 11) is 3.96. The van der Waals surface area contributed by atoms with Crippen LogP contribution in [0.2, 0.25) is 5.02 Å². The largest absolute Gasteiger partial charge is 0.371 e. The monoisotopic (exact) mass is 428 g/mol. The van der Waals surface area contributed by atoms with Gasteiger partial charge >= 0.3 is 0 Å². The number of hydrogen-bond donors (Lipinski definition) is 2. The highest BCUT2D eigenvalue weighted by Crippen LogP contribution is 2.24. The number of anilines is 1. The van der Waals surface area contributed by atoms with Crippen LogP contribution in [0.15, 0.2) is 48.5 Å². The van der Waals surface area contributed by atoms with Crippen molar-refractivity contribution in [1.29, 1.82) is 0 Å². The van der Waals surface area contributed by atoms with Gasteiger partial charge in [0.25, 0.3) is 11.8 Å². The number of likely N-dealkylation sites (N-methyl/N-ethyl adjacent to an activating group) is 1. The topological polar surface area (TPSA) is 64.7 Å². The summed E-state index contributed by atoms with van der Waals surface area (Å²) < 4.78 is 0. The number of nitrogens with zero attached hydrogens (tertiary/aromatic N) is 2. The van der Waals surface area contributed by atoms with Crippen LogP contribution in [0.5, 0.6) is 0 Å². The molecule has 0 aromatic heterocycles. The van der Waals surface area contributed by atoms with E-state index in [-0.39, 0.29) is 17.9 Å². The van der Waals surface area contributed by atoms with E-state index in [1.165, 1.54) is 0 Å². The third-order valence-electron chi connectivity index (χ3n) is 5.27. The van der Waals surface area contributed by atoms with E-state index in [4.69, 9.17) is 11.6 Å². The predicted octanol–water partition coefficient (Wildman–Crippen LogP) is 3.03. The summed E-state index contributed by atoms with van der Waals surface area (Å²) in [4.78, 5) is 29.4. The van der Waals surface area contributed by atoms with Crippen molar-refractivity contribution < 1.29 is 9.59 Å². The lowest BCUT2D eigenvalue weighted by atomic mass is 10.0. The minimum absolute atomic E-state index is 0.0504. The number of benzene rings is 2. The van der Waals surface area contributed by atoms with Gasteiger partial charge in [0.2, 0.25) is 0 Å². The maximum Gasteiger partial charge on any atom is 0.253 e. The van der Waals surface area contributed by atoms with Crippen molar-refractivity contribution in [1.82, 2.24) is 15.5 Å². The molecule has 160 valence electrons. The van der Waals surface area contributed by atoms with Gasteiger partial charge in [-0.25, -0.2) is 0 Å². The summed E-state index contributed by atoms with van der Waals surface area (Å²) in [5, 5.41) is 6.72. The molecule has 0 bridgehead atoms. The van der Waals surface area contributed by atoms with E-state index in [1.54, 1.807) is 24.3 Å². The van der Waals surface area contributed by atoms with Gasteiger partial charge in [0.1, 0.15) is 0 Å². The third-order valence-corrected chi connectivity index (χ3v) is 5.52. The van der Waals surface area contributed by atoms with Gasteiger partial charge < -0.3 is 20.4 Å². The number of nitrogens with one attached hydrogen (secondary N) is 2. The van der Waals surface area contributed by atoms with Crippen molar-refractivity contribution in [2.24, 2.45) is 0 Å². The minimum atomic E-state index is -0.0780. The highest BCUT2D eigenvalue weighted by Gasteiger charge is 2.24. The zero-order chi connectivity index (χ0) is 21.5. The molecule has 0 unspecified atom stereocenters. The molecule has 0 atom stereocenters. The Morgan fingerprint density at radius 1 is 1.03 bits per heavy atom. The summed E-state index contributed by atoms with van der Waals surface area (Å²) in [6.45, 7) is 2.98. The molecule has 2 aromatic carbocycles. The fourth-order valence-corrected chi connectivity index (χ4v) is 3.69. The molecule has 0 aliphatic carbocycles. The maximum atomic E-state index is 12.7. The number of piperidine rings is 1. The van der Waals surface area contributed by atoms with Crippen LogP contribution >= 0.6 is 11.6 Å². The number of para-hydroxylation sites is 1. The van der Waals surface area contributed by atoms with Crippen LogP contribution in [0.1, 0.15) is 33.6 Å². The molecule has 1 aliphatic rings. The third kappa shape index (κ3) is 5.97. The first-order chi connectivity index (χ1) is 14.4. The van der Waals surface area contributed by atoms with Crippen LogP contribution in [0.25, 0.3) is 0 Å². The van der Waals surface area contributed by atoms with Gasteiger partial charge in [-0.2, -0.15) is 0 Å². The zero-order valence-corrected chi connectivity index (χ0v) is 18.3. The minimum Gasteiger partial charge on any atom is -0.371 e. The lowest BCUT2D eigenvalue weighted by molar-refractivity contribution is 0.0929. The summed E-state index contributed by atoms with van der Waals surface area (Å²) in [5.41, 5.74) is 2.25. The molecule has 0 radical (unpaired) electrons. The van der Waals surface area contributed by atoms with E-state index in [1.807, 2.05) is 43.3 Å². The molecule has 1 fully saturated rings. The van der Waals surface area contributed by atoms with Gasteiger partial charge in [-0.1, -0.05) is 23.7 Å². The maximum absolute atomic E-state index is 12.7. The molecular weight excluding hydrogens is 400 g/mol. The van der Waals surface area contributed by atoms with Crippen molar-refractivity contribution in [2.75, 3.05) is 45.2 Å². The second kappa shape index (κ2) is 10.5. The Balaban J connectivity index is 1.56. The van der Waals surface area contributed by atoms with Gasteiger partial charge in [-0.3, -0.25) is 9.59 Å². The first-order valence-corrected chi connectivity index (χ1v) is 10.6. The van der Waals surface area contributed by atoms with Crippen LogP contribution in [-0.4, -0.2) is 63.0 Å². The number of carbonyl (C=O) groups excluding carboxylic acids is 2. The summed E-state index contributed by atoms with van der Waals surface area (Å²) >= 11 is 5.89. The molecular formula is C23H29ClN4O2. The standard InChI is InChI=1S/C23H29ClN4O2/c1-27(2)16-13-25-23(30)20-5-3-4-6-21(20)28-14-11-19(12-15-28)26-22(29)17-7-9-18(24)10-8-17/h3-10,19H,11-16H2,1-2H3,(H,25,30)(H,26,29). The smallest absolute Gasteiger partial charge is 0.253 e. The van der Waals surface area contributed by atoms with E-state index < -0.39 is 0 Å². The predicted molar refractivity (Wildman–Crippen MR) is 121 cm³/mol. The molecule has 6 nitrogen and oxygen atoms in total. The molecule has 2 aromatic rings. The van der Waals surface area contributed by atoms with E-state index >= 15 is 0 Å². The van der Waals surface area contributed by atoms with Gasteiger partial charge in [0.05, 0.1) is 5.56 Å². The Hall–Kier alpha value is -2.57. The van der Waals surface area contributed by atoms with E-state index in [2.05, 4.69) is 15.5 Å². The average molecular weight is 429 g/mol. The number of amides is 2. The zero-order valence-electron chi connectivity index (χ0n) is 17.5. The molecule has 2 amide bonds. The van der Waals surface area contributed by atoms with Crippen LogP contribution in [0.3, 0.4) is 0 Å². The fourth-order valence-electron chi connectivity index (χ4n) is 3.56. The molecule has 1 saturated heterocycles. The Bertz CT molecular complexity index is 862. The number of rotatable bonds is 7. The first-order valence-electron chi connectivity index (χ1n) is 10.3. The second-order valence-electron chi connectivity index (χ2n) is 7.82. The molecule has 0 spiro atoms. The molecule has 1 heterocycles. The van der Waals surface area contributed by atoms with Crippen LogP contribution in [0.4, 0.5) is 5.69 Å². The van der Waals surface area contributed by atoms with Crippen LogP contribution in [-0.2, 0) is 0 Å². The Morgan fingerprint density at radius 2 is 1.70 bits per heavy atom. The molecule has 2 N–H and O–H groups in total. The Labute approximate surface area is 183 Å². The van der Waals surface area contributed by atoms with E-state index in [9.17, 15) is 9.59 Å². The van der Waals surface area contributed by atoms with Crippen molar-refractivity contribution in [3.8, 4) is 0 Å². The summed E-state index contributed by atoms with van der Waals surface area (Å²) in [6.07, 6.45) is 1.66. The first kappa shape index (κ1) is 22.1. The highest BCUT2D eigenvalue weighted by atomic mass is 35.5. The molecule has 0 saturated carbocycles. The van der Waals surface area contributed by atoms with Crippen molar-refractivity contribution in [2.45, 2.75) is 18.9 Å².